The Labute approximate surface area is 170 Å². The third-order valence-electron chi connectivity index (χ3n) is 4.56. The van der Waals surface area contributed by atoms with Crippen LogP contribution in [0.4, 0.5) is 23.2 Å². The van der Waals surface area contributed by atoms with E-state index in [1.807, 2.05) is 0 Å². The normalized spacial score (nSPS) is 14.1. The second-order valence-corrected chi connectivity index (χ2v) is 8.40. The summed E-state index contributed by atoms with van der Waals surface area (Å²) in [6.45, 7) is 1.92. The van der Waals surface area contributed by atoms with Crippen molar-refractivity contribution >= 4 is 21.6 Å². The van der Waals surface area contributed by atoms with Crippen LogP contribution in [0.5, 0.6) is 0 Å². The van der Waals surface area contributed by atoms with Crippen LogP contribution in [0.3, 0.4) is 0 Å². The molecule has 1 atom stereocenters. The number of carbonyl (C=O) groups is 1. The number of alkyl halides is 3. The molecule has 162 valence electrons. The molecule has 0 aliphatic carbocycles. The zero-order valence-electron chi connectivity index (χ0n) is 16.1. The highest BCUT2D eigenvalue weighted by Crippen LogP contribution is 2.34. The van der Waals surface area contributed by atoms with Crippen LogP contribution in [0.15, 0.2) is 35.4 Å². The molecule has 1 unspecified atom stereocenters. The first-order valence-electron chi connectivity index (χ1n) is 8.52. The summed E-state index contributed by atoms with van der Waals surface area (Å²) in [7, 11) is -3.27. The quantitative estimate of drug-likeness (QED) is 0.665. The van der Waals surface area contributed by atoms with Crippen LogP contribution >= 0.6 is 0 Å². The summed E-state index contributed by atoms with van der Waals surface area (Å²) >= 11 is 0. The minimum absolute atomic E-state index is 0.0808. The van der Waals surface area contributed by atoms with Gasteiger partial charge in [0.25, 0.3) is 5.91 Å². The minimum Gasteiger partial charge on any atom is -0.345 e. The van der Waals surface area contributed by atoms with E-state index in [-0.39, 0.29) is 16.9 Å². The summed E-state index contributed by atoms with van der Waals surface area (Å²) in [6.07, 6.45) is -4.37. The molecule has 12 heteroatoms. The van der Waals surface area contributed by atoms with Gasteiger partial charge in [-0.2, -0.15) is 23.2 Å². The number of sulfonamides is 1. The van der Waals surface area contributed by atoms with Crippen LogP contribution in [0.25, 0.3) is 0 Å². The number of nitrogens with one attached hydrogen (secondary N) is 2. The van der Waals surface area contributed by atoms with Crippen LogP contribution < -0.4 is 10.0 Å². The van der Waals surface area contributed by atoms with Crippen molar-refractivity contribution in [3.63, 3.8) is 0 Å². The van der Waals surface area contributed by atoms with Gasteiger partial charge in [0, 0.05) is 18.9 Å². The first-order valence-corrected chi connectivity index (χ1v) is 10.0. The molecule has 1 amide bonds. The zero-order chi connectivity index (χ0) is 22.9. The van der Waals surface area contributed by atoms with Gasteiger partial charge in [0.1, 0.15) is 28.0 Å². The van der Waals surface area contributed by atoms with E-state index in [1.54, 1.807) is 10.8 Å². The fraction of sp³-hybridized carbons (Fsp3) is 0.333. The van der Waals surface area contributed by atoms with E-state index in [0.29, 0.717) is 0 Å². The first-order chi connectivity index (χ1) is 13.7. The average Bonchev–Trinajstić information content (AvgIpc) is 3.04. The van der Waals surface area contributed by atoms with E-state index in [1.165, 1.54) is 20.0 Å². The molecule has 1 heterocycles. The molecule has 0 radical (unpaired) electrons. The Morgan fingerprint density at radius 3 is 2.43 bits per heavy atom. The Bertz CT molecular complexity index is 1120. The predicted octanol–water partition coefficient (Wildman–Crippen LogP) is 3.30. The number of nitrogens with zero attached hydrogens (tertiary/aromatic N) is 2. The molecule has 0 aliphatic rings. The van der Waals surface area contributed by atoms with Crippen molar-refractivity contribution < 1.29 is 30.8 Å². The number of anilines is 1. The molecule has 0 saturated carbocycles. The molecular formula is C18H18F4N4O3S. The Morgan fingerprint density at radius 2 is 1.90 bits per heavy atom. The van der Waals surface area contributed by atoms with Crippen molar-refractivity contribution in [2.24, 2.45) is 7.05 Å². The van der Waals surface area contributed by atoms with E-state index in [0.717, 1.165) is 35.9 Å². The number of halogens is 4. The van der Waals surface area contributed by atoms with Crippen LogP contribution in [0.2, 0.25) is 0 Å². The second kappa shape index (κ2) is 8.08. The van der Waals surface area contributed by atoms with Gasteiger partial charge < -0.3 is 9.88 Å². The van der Waals surface area contributed by atoms with Crippen molar-refractivity contribution in [1.82, 2.24) is 9.29 Å². The summed E-state index contributed by atoms with van der Waals surface area (Å²) in [6, 6.07) is 5.79. The molecule has 2 aromatic rings. The molecule has 2 N–H and O–H groups in total. The summed E-state index contributed by atoms with van der Waals surface area (Å²) in [5, 5.41) is 11.2. The molecule has 0 bridgehead atoms. The summed E-state index contributed by atoms with van der Waals surface area (Å²) in [4.78, 5) is 11.9. The Hall–Kier alpha value is -2.91. The molecule has 1 aromatic heterocycles. The van der Waals surface area contributed by atoms with Gasteiger partial charge in [-0.3, -0.25) is 4.79 Å². The maximum absolute atomic E-state index is 13.4. The lowest BCUT2D eigenvalue weighted by molar-refractivity contribution is -0.186. The van der Waals surface area contributed by atoms with Crippen molar-refractivity contribution in [3.05, 3.63) is 47.5 Å². The molecule has 0 saturated heterocycles. The van der Waals surface area contributed by atoms with Gasteiger partial charge in [-0.05, 0) is 37.6 Å². The Kier molecular flexibility index (Phi) is 6.29. The Morgan fingerprint density at radius 1 is 1.27 bits per heavy atom. The molecule has 0 aliphatic heterocycles. The number of hydrogen-bond donors (Lipinski definition) is 2. The zero-order valence-corrected chi connectivity index (χ0v) is 16.9. The highest BCUT2D eigenvalue weighted by molar-refractivity contribution is 7.89. The number of carbonyl (C=O) groups excluding carboxylic acids is 1. The minimum atomic E-state index is -4.83. The van der Waals surface area contributed by atoms with Crippen molar-refractivity contribution in [2.45, 2.75) is 36.9 Å². The highest BCUT2D eigenvalue weighted by Gasteiger charge is 2.52. The predicted molar refractivity (Wildman–Crippen MR) is 99.6 cm³/mol. The van der Waals surface area contributed by atoms with Crippen molar-refractivity contribution in [2.75, 3.05) is 5.32 Å². The van der Waals surface area contributed by atoms with Crippen LogP contribution in [-0.2, 0) is 17.1 Å². The van der Waals surface area contributed by atoms with Gasteiger partial charge in [0.2, 0.25) is 10.0 Å². The number of amides is 1. The monoisotopic (exact) mass is 446 g/mol. The Balaban J connectivity index is 2.32. The summed E-state index contributed by atoms with van der Waals surface area (Å²) in [5.74, 6) is -1.58. The number of hydrogen-bond acceptors (Lipinski definition) is 4. The third-order valence-corrected chi connectivity index (χ3v) is 6.12. The van der Waals surface area contributed by atoms with E-state index >= 15 is 0 Å². The van der Waals surface area contributed by atoms with Crippen molar-refractivity contribution in [3.8, 4) is 6.07 Å². The summed E-state index contributed by atoms with van der Waals surface area (Å²) < 4.78 is 80.9. The maximum Gasteiger partial charge on any atom is 0.407 e. The topological polar surface area (TPSA) is 104 Å². The van der Waals surface area contributed by atoms with Crippen LogP contribution in [0, 0.1) is 17.1 Å². The van der Waals surface area contributed by atoms with Gasteiger partial charge >= 0.3 is 6.18 Å². The lowest BCUT2D eigenvalue weighted by atomic mass is 10.0. The SMILES string of the molecule is CCC(C)(NS(=O)(=O)c1cc(C(=O)Nc2ccc(F)c(C#N)c2)n(C)c1)C(F)(F)F. The lowest BCUT2D eigenvalue weighted by Crippen LogP contribution is -2.55. The molecule has 0 fully saturated rings. The number of rotatable bonds is 6. The molecule has 7 nitrogen and oxygen atoms in total. The molecule has 1 aromatic carbocycles. The van der Waals surface area contributed by atoms with E-state index in [4.69, 9.17) is 5.26 Å². The fourth-order valence-electron chi connectivity index (χ4n) is 2.48. The van der Waals surface area contributed by atoms with Gasteiger partial charge in [-0.15, -0.1) is 0 Å². The largest absolute Gasteiger partial charge is 0.407 e. The van der Waals surface area contributed by atoms with Crippen molar-refractivity contribution in [1.29, 1.82) is 5.26 Å². The highest BCUT2D eigenvalue weighted by atomic mass is 32.2. The van der Waals surface area contributed by atoms with E-state index < -0.39 is 44.8 Å². The second-order valence-electron chi connectivity index (χ2n) is 6.72. The first kappa shape index (κ1) is 23.4. The maximum atomic E-state index is 13.4. The van der Waals surface area contributed by atoms with Crippen LogP contribution in [0.1, 0.15) is 36.3 Å². The van der Waals surface area contributed by atoms with E-state index in [9.17, 15) is 30.8 Å². The molecular weight excluding hydrogens is 428 g/mol. The van der Waals surface area contributed by atoms with Crippen LogP contribution in [-0.4, -0.2) is 30.6 Å². The van der Waals surface area contributed by atoms with Gasteiger partial charge in [-0.1, -0.05) is 6.92 Å². The standard InChI is InChI=1S/C18H18F4N4O3S/c1-4-17(2,18(20,21)22)25-30(28,29)13-8-15(26(3)10-13)16(27)24-12-5-6-14(19)11(7-12)9-23/h5-8,10,25H,4H2,1-3H3,(H,24,27). The van der Waals surface area contributed by atoms with Gasteiger partial charge in [-0.25, -0.2) is 12.8 Å². The number of nitriles is 1. The number of benzene rings is 1. The number of aryl methyl sites for hydroxylation is 1. The lowest BCUT2D eigenvalue weighted by Gasteiger charge is -2.31. The van der Waals surface area contributed by atoms with Gasteiger partial charge in [0.05, 0.1) is 5.56 Å². The summed E-state index contributed by atoms with van der Waals surface area (Å²) in [5.41, 5.74) is -3.09. The molecule has 30 heavy (non-hydrogen) atoms. The fourth-order valence-corrected chi connectivity index (χ4v) is 4.01. The molecule has 0 spiro atoms. The average molecular weight is 446 g/mol. The van der Waals surface area contributed by atoms with E-state index in [2.05, 4.69) is 5.32 Å². The van der Waals surface area contributed by atoms with Gasteiger partial charge in [0.15, 0.2) is 0 Å². The third kappa shape index (κ3) is 4.63. The molecule has 2 rings (SSSR count). The number of aromatic nitrogens is 1. The smallest absolute Gasteiger partial charge is 0.345 e.